The summed E-state index contributed by atoms with van der Waals surface area (Å²) in [4.78, 5) is 4.12. The van der Waals surface area contributed by atoms with Crippen LogP contribution in [0.5, 0.6) is 0 Å². The highest BCUT2D eigenvalue weighted by Crippen LogP contribution is 2.08. The van der Waals surface area contributed by atoms with E-state index in [4.69, 9.17) is 7.85 Å². The van der Waals surface area contributed by atoms with Crippen LogP contribution in [0.3, 0.4) is 0 Å². The number of quaternary nitrogens is 1. The summed E-state index contributed by atoms with van der Waals surface area (Å²) < 4.78 is 0. The number of hydrogen-bond donors (Lipinski definition) is 1. The summed E-state index contributed by atoms with van der Waals surface area (Å²) in [5.41, 5.74) is 1.83. The van der Waals surface area contributed by atoms with Crippen LogP contribution in [0.1, 0.15) is 5.56 Å². The summed E-state index contributed by atoms with van der Waals surface area (Å²) in [6.45, 7) is 0. The van der Waals surface area contributed by atoms with Crippen molar-refractivity contribution in [2.24, 2.45) is 0 Å². The minimum atomic E-state index is 0.721. The fourth-order valence-electron chi connectivity index (χ4n) is 1.03. The van der Waals surface area contributed by atoms with Gasteiger partial charge in [0, 0.05) is 12.3 Å². The first-order valence-corrected chi connectivity index (χ1v) is 3.13. The second-order valence-electron chi connectivity index (χ2n) is 2.27. The minimum Gasteiger partial charge on any atom is -0.271 e. The summed E-state index contributed by atoms with van der Waals surface area (Å²) in [5.74, 6) is 1.01. The fraction of sp³-hybridized carbons (Fsp3) is 0. The molecule has 0 saturated heterocycles. The smallest absolute Gasteiger partial charge is 0.236 e. The highest BCUT2D eigenvalue weighted by atomic mass is 15.0. The zero-order valence-electron chi connectivity index (χ0n) is 5.41. The lowest BCUT2D eigenvalue weighted by molar-refractivity contribution is -0.495. The Morgan fingerprint density at radius 2 is 2.40 bits per heavy atom. The Morgan fingerprint density at radius 3 is 3.30 bits per heavy atom. The van der Waals surface area contributed by atoms with E-state index < -0.39 is 0 Å². The standard InChI is InChI=1S/C7H5BN2/c8-6-3-5-1-2-9-7(5)10-4-6/h1-4H,(H,9,10)/p+1. The zero-order chi connectivity index (χ0) is 6.97. The molecule has 0 atom stereocenters. The Labute approximate surface area is 60.4 Å². The third-order valence-electron chi connectivity index (χ3n) is 1.50. The number of rotatable bonds is 0. The molecule has 1 aliphatic heterocycles. The van der Waals surface area contributed by atoms with E-state index in [1.165, 1.54) is 0 Å². The van der Waals surface area contributed by atoms with Crippen molar-refractivity contribution in [2.45, 2.75) is 0 Å². The fourth-order valence-corrected chi connectivity index (χ4v) is 1.03. The Bertz CT molecular complexity index is 294. The molecule has 0 aromatic carbocycles. The predicted octanol–water partition coefficient (Wildman–Crippen LogP) is -0.945. The Hall–Kier alpha value is -1.09. The van der Waals surface area contributed by atoms with Gasteiger partial charge in [-0.3, -0.25) is 5.32 Å². The molecule has 10 heavy (non-hydrogen) atoms. The summed E-state index contributed by atoms with van der Waals surface area (Å²) >= 11 is 0. The van der Waals surface area contributed by atoms with Gasteiger partial charge in [-0.1, -0.05) is 11.5 Å². The van der Waals surface area contributed by atoms with Gasteiger partial charge in [-0.2, -0.15) is 0 Å². The lowest BCUT2D eigenvalue weighted by Gasteiger charge is -1.93. The van der Waals surface area contributed by atoms with Crippen LogP contribution in [0.4, 0.5) is 5.82 Å². The molecular formula is C7H6BN2+. The van der Waals surface area contributed by atoms with E-state index in [2.05, 4.69) is 4.98 Å². The summed E-state index contributed by atoms with van der Waals surface area (Å²) in [6.07, 6.45) is 5.64. The SMILES string of the molecule is [B]c1cnc2c(c1)C=C[NH2+]2. The Kier molecular flexibility index (Phi) is 1.11. The highest BCUT2D eigenvalue weighted by Gasteiger charge is 2.08. The molecule has 1 aromatic rings. The lowest BCUT2D eigenvalue weighted by Crippen LogP contribution is -2.70. The molecule has 1 aliphatic rings. The predicted molar refractivity (Wildman–Crippen MR) is 40.2 cm³/mol. The highest BCUT2D eigenvalue weighted by molar-refractivity contribution is 6.32. The first-order valence-electron chi connectivity index (χ1n) is 3.13. The van der Waals surface area contributed by atoms with E-state index in [0.29, 0.717) is 0 Å². The summed E-state index contributed by atoms with van der Waals surface area (Å²) in [5, 5.41) is 1.97. The van der Waals surface area contributed by atoms with Crippen molar-refractivity contribution in [3.05, 3.63) is 24.0 Å². The maximum atomic E-state index is 5.52. The quantitative estimate of drug-likeness (QED) is 0.450. The van der Waals surface area contributed by atoms with Crippen LogP contribution in [0, 0.1) is 0 Å². The van der Waals surface area contributed by atoms with Crippen LogP contribution in [-0.4, -0.2) is 12.8 Å². The first kappa shape index (κ1) is 5.68. The molecule has 2 heterocycles. The van der Waals surface area contributed by atoms with E-state index >= 15 is 0 Å². The van der Waals surface area contributed by atoms with Crippen molar-refractivity contribution >= 4 is 25.2 Å². The maximum absolute atomic E-state index is 5.52. The van der Waals surface area contributed by atoms with Gasteiger partial charge < -0.3 is 0 Å². The third kappa shape index (κ3) is 0.754. The van der Waals surface area contributed by atoms with Crippen molar-refractivity contribution < 1.29 is 5.32 Å². The van der Waals surface area contributed by atoms with E-state index in [-0.39, 0.29) is 0 Å². The molecule has 0 unspecified atom stereocenters. The van der Waals surface area contributed by atoms with Gasteiger partial charge in [-0.05, 0) is 0 Å². The molecule has 0 amide bonds. The van der Waals surface area contributed by atoms with Gasteiger partial charge in [0.1, 0.15) is 7.85 Å². The molecule has 0 spiro atoms. The number of hydrogen-bond acceptors (Lipinski definition) is 1. The molecule has 0 saturated carbocycles. The average Bonchev–Trinajstić information content (AvgIpc) is 2.33. The second kappa shape index (κ2) is 1.95. The first-order chi connectivity index (χ1) is 4.86. The summed E-state index contributed by atoms with van der Waals surface area (Å²) in [7, 11) is 5.52. The van der Waals surface area contributed by atoms with Crippen LogP contribution in [-0.2, 0) is 0 Å². The van der Waals surface area contributed by atoms with Crippen LogP contribution in [0.25, 0.3) is 6.08 Å². The maximum Gasteiger partial charge on any atom is 0.236 e. The monoisotopic (exact) mass is 129 g/mol. The van der Waals surface area contributed by atoms with Crippen LogP contribution in [0.2, 0.25) is 0 Å². The van der Waals surface area contributed by atoms with Gasteiger partial charge in [0.15, 0.2) is 0 Å². The molecular weight excluding hydrogens is 123 g/mol. The van der Waals surface area contributed by atoms with E-state index in [1.807, 2.05) is 23.7 Å². The van der Waals surface area contributed by atoms with Crippen molar-refractivity contribution in [3.63, 3.8) is 0 Å². The van der Waals surface area contributed by atoms with Crippen LogP contribution in [0.15, 0.2) is 18.5 Å². The van der Waals surface area contributed by atoms with Crippen LogP contribution >= 0.6 is 0 Å². The van der Waals surface area contributed by atoms with Crippen molar-refractivity contribution in [2.75, 3.05) is 0 Å². The largest absolute Gasteiger partial charge is 0.271 e. The number of nitrogens with zero attached hydrogens (tertiary/aromatic N) is 1. The second-order valence-corrected chi connectivity index (χ2v) is 2.27. The molecule has 3 heteroatoms. The minimum absolute atomic E-state index is 0.721. The van der Waals surface area contributed by atoms with Crippen molar-refractivity contribution in [1.82, 2.24) is 4.98 Å². The van der Waals surface area contributed by atoms with E-state index in [0.717, 1.165) is 16.8 Å². The normalized spacial score (nSPS) is 13.6. The zero-order valence-corrected chi connectivity index (χ0v) is 5.41. The van der Waals surface area contributed by atoms with Gasteiger partial charge >= 0.3 is 0 Å². The lowest BCUT2D eigenvalue weighted by atomic mass is 9.97. The van der Waals surface area contributed by atoms with Gasteiger partial charge in [-0.15, -0.1) is 0 Å². The number of nitrogens with two attached hydrogens (primary N) is 1. The third-order valence-corrected chi connectivity index (χ3v) is 1.50. The molecule has 0 bridgehead atoms. The number of pyridine rings is 1. The van der Waals surface area contributed by atoms with Crippen molar-refractivity contribution in [3.8, 4) is 0 Å². The molecule has 0 fully saturated rings. The Balaban J connectivity index is 2.60. The van der Waals surface area contributed by atoms with Gasteiger partial charge in [-0.25, -0.2) is 4.98 Å². The number of aromatic nitrogens is 1. The molecule has 46 valence electrons. The van der Waals surface area contributed by atoms with Crippen LogP contribution < -0.4 is 10.8 Å². The topological polar surface area (TPSA) is 29.5 Å². The summed E-state index contributed by atoms with van der Waals surface area (Å²) in [6, 6.07) is 1.92. The average molecular weight is 129 g/mol. The van der Waals surface area contributed by atoms with Gasteiger partial charge in [0.2, 0.25) is 5.82 Å². The molecule has 2 rings (SSSR count). The molecule has 2 N–H and O–H groups in total. The molecule has 0 aliphatic carbocycles. The van der Waals surface area contributed by atoms with E-state index in [9.17, 15) is 0 Å². The van der Waals surface area contributed by atoms with E-state index in [1.54, 1.807) is 6.20 Å². The molecule has 2 nitrogen and oxygen atoms in total. The molecule has 2 radical (unpaired) electrons. The molecule has 1 aromatic heterocycles. The Morgan fingerprint density at radius 1 is 1.50 bits per heavy atom. The van der Waals surface area contributed by atoms with Crippen molar-refractivity contribution in [1.29, 1.82) is 0 Å². The van der Waals surface area contributed by atoms with Gasteiger partial charge in [0.25, 0.3) is 0 Å². The number of fused-ring (bicyclic) bond motifs is 1. The van der Waals surface area contributed by atoms with Gasteiger partial charge in [0.05, 0.1) is 11.8 Å².